The molecule has 5 heteroatoms. The van der Waals surface area contributed by atoms with E-state index in [1.807, 2.05) is 11.8 Å². The van der Waals surface area contributed by atoms with Crippen molar-refractivity contribution in [1.29, 1.82) is 0 Å². The molecule has 2 aliphatic heterocycles. The zero-order valence-corrected chi connectivity index (χ0v) is 14.1. The second kappa shape index (κ2) is 6.22. The van der Waals surface area contributed by atoms with Crippen LogP contribution in [0.15, 0.2) is 24.3 Å². The molecular weight excluding hydrogens is 304 g/mol. The topological polar surface area (TPSA) is 54.6 Å². The lowest BCUT2D eigenvalue weighted by Crippen LogP contribution is -2.49. The highest BCUT2D eigenvalue weighted by Gasteiger charge is 2.43. The normalized spacial score (nSPS) is 19.6. The first-order valence-corrected chi connectivity index (χ1v) is 8.83. The maximum absolute atomic E-state index is 12.2. The Hall–Kier alpha value is -1.85. The van der Waals surface area contributed by atoms with Crippen molar-refractivity contribution in [3.63, 3.8) is 0 Å². The summed E-state index contributed by atoms with van der Waals surface area (Å²) in [7, 11) is 0. The number of amides is 1. The van der Waals surface area contributed by atoms with Crippen molar-refractivity contribution in [1.82, 2.24) is 9.88 Å². The summed E-state index contributed by atoms with van der Waals surface area (Å²) in [6.07, 6.45) is 2.63. The Balaban J connectivity index is 1.57. The highest BCUT2D eigenvalue weighted by molar-refractivity contribution is 5.85. The quantitative estimate of drug-likeness (QED) is 0.942. The van der Waals surface area contributed by atoms with Crippen molar-refractivity contribution in [2.45, 2.75) is 31.8 Å². The molecule has 128 valence electrons. The third kappa shape index (κ3) is 2.52. The first-order chi connectivity index (χ1) is 11.7. The molecule has 0 aliphatic carbocycles. The van der Waals surface area contributed by atoms with E-state index in [0.717, 1.165) is 39.0 Å². The summed E-state index contributed by atoms with van der Waals surface area (Å²) in [5.74, 6) is 0.0828. The molecule has 0 atom stereocenters. The van der Waals surface area contributed by atoms with Gasteiger partial charge >= 0.3 is 0 Å². The van der Waals surface area contributed by atoms with Crippen LogP contribution in [0.25, 0.3) is 10.9 Å². The van der Waals surface area contributed by atoms with E-state index in [1.165, 1.54) is 22.2 Å². The van der Waals surface area contributed by atoms with Gasteiger partial charge in [-0.15, -0.1) is 0 Å². The number of para-hydroxylation sites is 1. The smallest absolute Gasteiger partial charge is 0.248 e. The number of benzene rings is 1. The predicted molar refractivity (Wildman–Crippen MR) is 91.9 cm³/mol. The number of H-pyrrole nitrogens is 1. The highest BCUT2D eigenvalue weighted by atomic mass is 16.5. The fraction of sp³-hybridized carbons (Fsp3) is 0.526. The molecule has 4 rings (SSSR count). The zero-order valence-electron chi connectivity index (χ0n) is 14.1. The van der Waals surface area contributed by atoms with Gasteiger partial charge in [0.2, 0.25) is 5.91 Å². The highest BCUT2D eigenvalue weighted by Crippen LogP contribution is 2.43. The van der Waals surface area contributed by atoms with E-state index >= 15 is 0 Å². The molecule has 0 bridgehead atoms. The summed E-state index contributed by atoms with van der Waals surface area (Å²) in [5, 5.41) is 1.31. The Morgan fingerprint density at radius 3 is 2.92 bits per heavy atom. The molecule has 1 fully saturated rings. The summed E-state index contributed by atoms with van der Waals surface area (Å²) in [5.41, 5.74) is 3.54. The van der Waals surface area contributed by atoms with Gasteiger partial charge in [-0.25, -0.2) is 0 Å². The second-order valence-electron chi connectivity index (χ2n) is 6.63. The van der Waals surface area contributed by atoms with E-state index in [2.05, 4.69) is 29.2 Å². The number of carbonyl (C=O) groups is 1. The van der Waals surface area contributed by atoms with Gasteiger partial charge in [0.25, 0.3) is 0 Å². The van der Waals surface area contributed by atoms with Gasteiger partial charge in [-0.05, 0) is 37.8 Å². The molecule has 3 heterocycles. The Morgan fingerprint density at radius 1 is 1.33 bits per heavy atom. The first kappa shape index (κ1) is 15.7. The molecule has 2 aromatic rings. The van der Waals surface area contributed by atoms with Crippen LogP contribution in [0.5, 0.6) is 0 Å². The van der Waals surface area contributed by atoms with Gasteiger partial charge in [-0.2, -0.15) is 0 Å². The summed E-state index contributed by atoms with van der Waals surface area (Å²) in [6.45, 7) is 4.86. The Labute approximate surface area is 141 Å². The number of aromatic nitrogens is 1. The molecule has 1 amide bonds. The number of aromatic amines is 1. The van der Waals surface area contributed by atoms with Crippen LogP contribution in [0.2, 0.25) is 0 Å². The van der Waals surface area contributed by atoms with Gasteiger partial charge in [-0.3, -0.25) is 4.79 Å². The summed E-state index contributed by atoms with van der Waals surface area (Å²) >= 11 is 0. The minimum Gasteiger partial charge on any atom is -0.372 e. The minimum atomic E-state index is -0.269. The average Bonchev–Trinajstić information content (AvgIpc) is 3.01. The van der Waals surface area contributed by atoms with Crippen molar-refractivity contribution in [3.8, 4) is 0 Å². The van der Waals surface area contributed by atoms with Crippen molar-refractivity contribution in [2.24, 2.45) is 0 Å². The van der Waals surface area contributed by atoms with Crippen LogP contribution in [0.4, 0.5) is 0 Å². The van der Waals surface area contributed by atoms with Crippen LogP contribution in [-0.4, -0.2) is 48.7 Å². The molecule has 1 saturated heterocycles. The standard InChI is InChI=1S/C19H24N2O3/c1-2-23-13-17(22)21-10-8-19(9-11-21)18-15(7-12-24-19)14-5-3-4-6-16(14)20-18/h3-6,20H,2,7-13H2,1H3. The van der Waals surface area contributed by atoms with E-state index in [1.54, 1.807) is 0 Å². The molecule has 1 aromatic carbocycles. The number of carbonyl (C=O) groups excluding carboxylic acids is 1. The monoisotopic (exact) mass is 328 g/mol. The third-order valence-corrected chi connectivity index (χ3v) is 5.35. The molecule has 24 heavy (non-hydrogen) atoms. The van der Waals surface area contributed by atoms with E-state index in [4.69, 9.17) is 9.47 Å². The number of rotatable bonds is 3. The molecule has 1 aromatic heterocycles. The molecule has 0 radical (unpaired) electrons. The van der Waals surface area contributed by atoms with Crippen LogP contribution in [0, 0.1) is 0 Å². The molecule has 1 N–H and O–H groups in total. The average molecular weight is 328 g/mol. The summed E-state index contributed by atoms with van der Waals surface area (Å²) < 4.78 is 11.5. The summed E-state index contributed by atoms with van der Waals surface area (Å²) in [4.78, 5) is 17.7. The van der Waals surface area contributed by atoms with Gasteiger partial charge in [0.05, 0.1) is 12.3 Å². The Morgan fingerprint density at radius 2 is 2.12 bits per heavy atom. The van der Waals surface area contributed by atoms with E-state index < -0.39 is 0 Å². The minimum absolute atomic E-state index is 0.0828. The molecule has 0 saturated carbocycles. The number of nitrogens with one attached hydrogen (secondary N) is 1. The van der Waals surface area contributed by atoms with Crippen molar-refractivity contribution >= 4 is 16.8 Å². The summed E-state index contributed by atoms with van der Waals surface area (Å²) in [6, 6.07) is 8.47. The lowest BCUT2D eigenvalue weighted by molar-refractivity contribution is -0.145. The number of likely N-dealkylation sites (tertiary alicyclic amines) is 1. The van der Waals surface area contributed by atoms with E-state index in [9.17, 15) is 4.79 Å². The lowest BCUT2D eigenvalue weighted by Gasteiger charge is -2.43. The van der Waals surface area contributed by atoms with Gasteiger partial charge in [0, 0.05) is 30.6 Å². The number of fused-ring (bicyclic) bond motifs is 4. The third-order valence-electron chi connectivity index (χ3n) is 5.35. The first-order valence-electron chi connectivity index (χ1n) is 8.83. The van der Waals surface area contributed by atoms with E-state index in [0.29, 0.717) is 6.61 Å². The maximum Gasteiger partial charge on any atom is 0.248 e. The Bertz CT molecular complexity index is 744. The van der Waals surface area contributed by atoms with Crippen molar-refractivity contribution < 1.29 is 14.3 Å². The number of nitrogens with zero attached hydrogens (tertiary/aromatic N) is 1. The molecule has 1 spiro atoms. The van der Waals surface area contributed by atoms with Crippen LogP contribution in [0.1, 0.15) is 31.0 Å². The number of piperidine rings is 1. The largest absolute Gasteiger partial charge is 0.372 e. The van der Waals surface area contributed by atoms with Crippen LogP contribution in [-0.2, 0) is 26.3 Å². The fourth-order valence-corrected chi connectivity index (χ4v) is 4.06. The van der Waals surface area contributed by atoms with Crippen LogP contribution in [0.3, 0.4) is 0 Å². The van der Waals surface area contributed by atoms with E-state index in [-0.39, 0.29) is 18.1 Å². The lowest BCUT2D eigenvalue weighted by atomic mass is 9.83. The number of hydrogen-bond donors (Lipinski definition) is 1. The van der Waals surface area contributed by atoms with Crippen molar-refractivity contribution in [3.05, 3.63) is 35.5 Å². The van der Waals surface area contributed by atoms with Gasteiger partial charge in [-0.1, -0.05) is 18.2 Å². The molecule has 5 nitrogen and oxygen atoms in total. The van der Waals surface area contributed by atoms with Crippen LogP contribution < -0.4 is 0 Å². The Kier molecular flexibility index (Phi) is 4.06. The zero-order chi connectivity index (χ0) is 16.6. The van der Waals surface area contributed by atoms with Gasteiger partial charge in [0.1, 0.15) is 12.2 Å². The van der Waals surface area contributed by atoms with Gasteiger partial charge < -0.3 is 19.4 Å². The predicted octanol–water partition coefficient (Wildman–Crippen LogP) is 2.59. The molecule has 0 unspecified atom stereocenters. The number of hydrogen-bond acceptors (Lipinski definition) is 3. The molecule has 2 aliphatic rings. The van der Waals surface area contributed by atoms with Crippen molar-refractivity contribution in [2.75, 3.05) is 32.9 Å². The second-order valence-corrected chi connectivity index (χ2v) is 6.63. The van der Waals surface area contributed by atoms with Gasteiger partial charge in [0.15, 0.2) is 0 Å². The maximum atomic E-state index is 12.2. The van der Waals surface area contributed by atoms with Crippen LogP contribution >= 0.6 is 0 Å². The molecular formula is C19H24N2O3. The SMILES string of the molecule is CCOCC(=O)N1CCC2(CC1)OCCc1c2[nH]c2ccccc12. The fourth-order valence-electron chi connectivity index (χ4n) is 4.06. The number of ether oxygens (including phenoxy) is 2.